The third-order valence-corrected chi connectivity index (χ3v) is 5.67. The molecule has 180 valence electrons. The summed E-state index contributed by atoms with van der Waals surface area (Å²) in [7, 11) is 1.58. The van der Waals surface area contributed by atoms with Gasteiger partial charge in [-0.05, 0) is 68.3 Å². The van der Waals surface area contributed by atoms with Crippen molar-refractivity contribution in [3.8, 4) is 5.75 Å². The van der Waals surface area contributed by atoms with Crippen molar-refractivity contribution in [1.82, 2.24) is 5.32 Å². The lowest BCUT2D eigenvalue weighted by Gasteiger charge is -2.35. The molecule has 0 aliphatic carbocycles. The van der Waals surface area contributed by atoms with E-state index in [-0.39, 0.29) is 17.0 Å². The maximum atomic E-state index is 13.9. The number of benzene rings is 3. The number of allylic oxidation sites excluding steroid dienone is 1. The van der Waals surface area contributed by atoms with Crippen molar-refractivity contribution in [1.29, 1.82) is 0 Å². The van der Waals surface area contributed by atoms with Crippen molar-refractivity contribution in [3.63, 3.8) is 0 Å². The van der Waals surface area contributed by atoms with Crippen molar-refractivity contribution >= 4 is 23.1 Å². The standard InChI is InChI=1S/C27H23F3N2O3/c1-27(2)14-16-6-9-18(35-3)10-19(16)24(32-27)13-25(33)15-4-7-17(8-5-15)31-26(34)20-11-22(29)23(30)12-21(20)28/h4-13,32H,14H2,1-3H3,(H,31,34)/b24-13-. The number of amides is 1. The predicted molar refractivity (Wildman–Crippen MR) is 127 cm³/mol. The molecule has 3 aromatic rings. The molecule has 35 heavy (non-hydrogen) atoms. The average Bonchev–Trinajstić information content (AvgIpc) is 2.81. The molecule has 2 N–H and O–H groups in total. The highest BCUT2D eigenvalue weighted by Crippen LogP contribution is 2.32. The van der Waals surface area contributed by atoms with Crippen LogP contribution in [0, 0.1) is 17.5 Å². The summed E-state index contributed by atoms with van der Waals surface area (Å²) in [6, 6.07) is 12.5. The normalized spacial score (nSPS) is 15.2. The quantitative estimate of drug-likeness (QED) is 0.287. The van der Waals surface area contributed by atoms with Gasteiger partial charge in [-0.25, -0.2) is 13.2 Å². The van der Waals surface area contributed by atoms with Gasteiger partial charge >= 0.3 is 0 Å². The van der Waals surface area contributed by atoms with Gasteiger partial charge in [0.2, 0.25) is 0 Å². The number of fused-ring (bicyclic) bond motifs is 1. The number of ketones is 1. The Morgan fingerprint density at radius 1 is 0.971 bits per heavy atom. The number of ether oxygens (including phenoxy) is 1. The third kappa shape index (κ3) is 5.21. The van der Waals surface area contributed by atoms with Gasteiger partial charge in [0.05, 0.1) is 12.7 Å². The van der Waals surface area contributed by atoms with Crippen molar-refractivity contribution in [2.75, 3.05) is 12.4 Å². The Bertz CT molecular complexity index is 1350. The molecule has 5 nitrogen and oxygen atoms in total. The molecule has 1 aliphatic rings. The highest BCUT2D eigenvalue weighted by Gasteiger charge is 2.28. The maximum Gasteiger partial charge on any atom is 0.258 e. The fourth-order valence-electron chi connectivity index (χ4n) is 3.98. The lowest BCUT2D eigenvalue weighted by molar-refractivity contribution is 0.102. The minimum atomic E-state index is -1.38. The molecule has 0 unspecified atom stereocenters. The summed E-state index contributed by atoms with van der Waals surface area (Å²) in [5.41, 5.74) is 2.39. The molecule has 1 aliphatic heterocycles. The van der Waals surface area contributed by atoms with E-state index in [2.05, 4.69) is 10.6 Å². The summed E-state index contributed by atoms with van der Waals surface area (Å²) in [5, 5.41) is 5.81. The molecule has 1 amide bonds. The molecule has 0 saturated heterocycles. The van der Waals surface area contributed by atoms with E-state index < -0.39 is 28.9 Å². The van der Waals surface area contributed by atoms with E-state index in [1.54, 1.807) is 7.11 Å². The monoisotopic (exact) mass is 480 g/mol. The van der Waals surface area contributed by atoms with Gasteiger partial charge in [-0.2, -0.15) is 0 Å². The number of carbonyl (C=O) groups is 2. The van der Waals surface area contributed by atoms with Crippen LogP contribution in [-0.4, -0.2) is 24.3 Å². The van der Waals surface area contributed by atoms with Crippen LogP contribution in [0.25, 0.3) is 5.70 Å². The van der Waals surface area contributed by atoms with Gasteiger partial charge in [0.25, 0.3) is 5.91 Å². The Hall–Kier alpha value is -4.07. The Morgan fingerprint density at radius 3 is 2.34 bits per heavy atom. The van der Waals surface area contributed by atoms with Crippen molar-refractivity contribution in [3.05, 3.63) is 100 Å². The second-order valence-electron chi connectivity index (χ2n) is 8.91. The molecular formula is C27H23F3N2O3. The second kappa shape index (κ2) is 9.29. The van der Waals surface area contributed by atoms with Crippen LogP contribution in [0.1, 0.15) is 45.7 Å². The first kappa shape index (κ1) is 24.1. The van der Waals surface area contributed by atoms with E-state index in [9.17, 15) is 22.8 Å². The van der Waals surface area contributed by atoms with Crippen molar-refractivity contribution < 1.29 is 27.5 Å². The van der Waals surface area contributed by atoms with E-state index in [1.807, 2.05) is 32.0 Å². The lowest BCUT2D eigenvalue weighted by atomic mass is 9.85. The Labute approximate surface area is 200 Å². The zero-order chi connectivity index (χ0) is 25.3. The van der Waals surface area contributed by atoms with Crippen LogP contribution in [0.4, 0.5) is 18.9 Å². The first-order valence-electron chi connectivity index (χ1n) is 10.8. The zero-order valence-electron chi connectivity index (χ0n) is 19.3. The Balaban J connectivity index is 1.55. The highest BCUT2D eigenvalue weighted by molar-refractivity contribution is 6.09. The fourth-order valence-corrected chi connectivity index (χ4v) is 3.98. The Morgan fingerprint density at radius 2 is 1.66 bits per heavy atom. The van der Waals surface area contributed by atoms with Gasteiger partial charge in [-0.3, -0.25) is 9.59 Å². The number of hydrogen-bond acceptors (Lipinski definition) is 4. The van der Waals surface area contributed by atoms with Gasteiger partial charge in [0.1, 0.15) is 11.6 Å². The van der Waals surface area contributed by atoms with Gasteiger partial charge in [0, 0.05) is 40.2 Å². The lowest BCUT2D eigenvalue weighted by Crippen LogP contribution is -2.43. The molecule has 1 heterocycles. The summed E-state index contributed by atoms with van der Waals surface area (Å²) >= 11 is 0. The number of rotatable bonds is 5. The van der Waals surface area contributed by atoms with Crippen LogP contribution in [0.2, 0.25) is 0 Å². The first-order valence-corrected chi connectivity index (χ1v) is 10.8. The van der Waals surface area contributed by atoms with E-state index in [4.69, 9.17) is 4.74 Å². The van der Waals surface area contributed by atoms with Crippen LogP contribution in [0.5, 0.6) is 5.75 Å². The molecule has 0 radical (unpaired) electrons. The predicted octanol–water partition coefficient (Wildman–Crippen LogP) is 5.51. The van der Waals surface area contributed by atoms with E-state index in [0.29, 0.717) is 29.1 Å². The summed E-state index contributed by atoms with van der Waals surface area (Å²) in [5.74, 6) is -4.41. The number of methoxy groups -OCH3 is 1. The van der Waals surface area contributed by atoms with E-state index in [0.717, 1.165) is 17.5 Å². The molecule has 0 atom stereocenters. The first-order chi connectivity index (χ1) is 16.6. The van der Waals surface area contributed by atoms with Crippen molar-refractivity contribution in [2.24, 2.45) is 0 Å². The maximum absolute atomic E-state index is 13.9. The molecule has 8 heteroatoms. The smallest absolute Gasteiger partial charge is 0.258 e. The molecule has 0 fully saturated rings. The number of anilines is 1. The molecule has 0 bridgehead atoms. The second-order valence-corrected chi connectivity index (χ2v) is 8.91. The van der Waals surface area contributed by atoms with E-state index in [1.165, 1.54) is 30.3 Å². The SMILES string of the molecule is COc1ccc2c(c1)/C(=C/C(=O)c1ccc(NC(=O)c3cc(F)c(F)cc3F)cc1)NC(C)(C)C2. The number of carbonyl (C=O) groups excluding carboxylic acids is 2. The molecule has 0 spiro atoms. The van der Waals surface area contributed by atoms with Crippen LogP contribution in [-0.2, 0) is 6.42 Å². The number of hydrogen-bond donors (Lipinski definition) is 2. The summed E-state index contributed by atoms with van der Waals surface area (Å²) < 4.78 is 45.7. The summed E-state index contributed by atoms with van der Waals surface area (Å²) in [4.78, 5) is 25.3. The van der Waals surface area contributed by atoms with E-state index >= 15 is 0 Å². The largest absolute Gasteiger partial charge is 0.497 e. The highest BCUT2D eigenvalue weighted by atomic mass is 19.2. The van der Waals surface area contributed by atoms with Crippen LogP contribution in [0.15, 0.2) is 60.7 Å². The van der Waals surface area contributed by atoms with Gasteiger partial charge in [-0.15, -0.1) is 0 Å². The topological polar surface area (TPSA) is 67.4 Å². The van der Waals surface area contributed by atoms with Gasteiger partial charge < -0.3 is 15.4 Å². The number of halogens is 3. The number of nitrogens with one attached hydrogen (secondary N) is 2. The zero-order valence-corrected chi connectivity index (χ0v) is 19.3. The molecular weight excluding hydrogens is 457 g/mol. The van der Waals surface area contributed by atoms with Gasteiger partial charge in [0.15, 0.2) is 17.4 Å². The van der Waals surface area contributed by atoms with Crippen LogP contribution < -0.4 is 15.4 Å². The summed E-state index contributed by atoms with van der Waals surface area (Å²) in [6.07, 6.45) is 2.30. The summed E-state index contributed by atoms with van der Waals surface area (Å²) in [6.45, 7) is 4.09. The minimum Gasteiger partial charge on any atom is -0.497 e. The third-order valence-electron chi connectivity index (χ3n) is 5.67. The minimum absolute atomic E-state index is 0.253. The van der Waals surface area contributed by atoms with Crippen molar-refractivity contribution in [2.45, 2.75) is 25.8 Å². The Kier molecular flexibility index (Phi) is 6.39. The molecule has 4 rings (SSSR count). The van der Waals surface area contributed by atoms with Crippen LogP contribution in [0.3, 0.4) is 0 Å². The molecule has 0 saturated carbocycles. The molecule has 0 aromatic heterocycles. The molecule has 3 aromatic carbocycles. The average molecular weight is 480 g/mol. The van der Waals surface area contributed by atoms with Crippen LogP contribution >= 0.6 is 0 Å². The van der Waals surface area contributed by atoms with Gasteiger partial charge in [-0.1, -0.05) is 6.07 Å². The fraction of sp³-hybridized carbons (Fsp3) is 0.185.